The summed E-state index contributed by atoms with van der Waals surface area (Å²) in [4.78, 5) is 24.0. The Kier molecular flexibility index (Phi) is 7.33. The average Bonchev–Trinajstić information content (AvgIpc) is 3.28. The number of benzene rings is 1. The molecule has 192 valence electrons. The van der Waals surface area contributed by atoms with Gasteiger partial charge in [-0.05, 0) is 81.3 Å². The van der Waals surface area contributed by atoms with Crippen molar-refractivity contribution in [1.29, 1.82) is 0 Å². The highest BCUT2D eigenvalue weighted by Crippen LogP contribution is 2.60. The van der Waals surface area contributed by atoms with E-state index in [1.807, 2.05) is 6.07 Å². The number of anilines is 1. The number of carbonyl (C=O) groups excluding carboxylic acids is 1. The van der Waals surface area contributed by atoms with Crippen LogP contribution in [0.15, 0.2) is 12.1 Å². The van der Waals surface area contributed by atoms with Gasteiger partial charge in [0.2, 0.25) is 5.91 Å². The van der Waals surface area contributed by atoms with Crippen LogP contribution in [0.25, 0.3) is 10.2 Å². The number of amides is 1. The van der Waals surface area contributed by atoms with Gasteiger partial charge in [0.1, 0.15) is 11.3 Å². The minimum Gasteiger partial charge on any atom is -0.494 e. The summed E-state index contributed by atoms with van der Waals surface area (Å²) in [7, 11) is 1.70. The molecule has 1 aromatic heterocycles. The number of thiazole rings is 1. The second-order valence-corrected chi connectivity index (χ2v) is 12.2. The zero-order valence-corrected chi connectivity index (χ0v) is 22.6. The van der Waals surface area contributed by atoms with E-state index in [4.69, 9.17) is 14.5 Å². The van der Waals surface area contributed by atoms with Crippen LogP contribution in [0, 0.1) is 30.1 Å². The molecular weight excluding hydrogens is 482 g/mol. The number of carbonyl (C=O) groups is 1. The first-order chi connectivity index (χ1) is 16.5. The molecule has 2 heterocycles. The molecule has 1 saturated heterocycles. The highest BCUT2D eigenvalue weighted by molar-refractivity contribution is 7.22. The molecule has 7 rings (SSSR count). The number of halogens is 1. The number of fused-ring (bicyclic) bond motifs is 1. The molecule has 35 heavy (non-hydrogen) atoms. The Labute approximate surface area is 218 Å². The molecule has 5 aliphatic rings. The van der Waals surface area contributed by atoms with Crippen LogP contribution in [-0.4, -0.2) is 62.3 Å². The number of aryl methyl sites for hydroxylation is 1. The van der Waals surface area contributed by atoms with Crippen LogP contribution in [0.3, 0.4) is 0 Å². The van der Waals surface area contributed by atoms with Crippen LogP contribution in [0.1, 0.15) is 50.5 Å². The zero-order valence-electron chi connectivity index (χ0n) is 21.0. The predicted molar refractivity (Wildman–Crippen MR) is 143 cm³/mol. The molecule has 8 heteroatoms. The van der Waals surface area contributed by atoms with E-state index in [2.05, 4.69) is 22.8 Å². The molecule has 6 nitrogen and oxygen atoms in total. The van der Waals surface area contributed by atoms with Gasteiger partial charge < -0.3 is 9.47 Å². The fraction of sp³-hybridized carbons (Fsp3) is 0.704. The molecule has 0 atom stereocenters. The Morgan fingerprint density at radius 1 is 1.17 bits per heavy atom. The summed E-state index contributed by atoms with van der Waals surface area (Å²) < 4.78 is 12.3. The second kappa shape index (κ2) is 10.2. The lowest BCUT2D eigenvalue weighted by atomic mass is 9.49. The number of hydrogen-bond donors (Lipinski definition) is 0. The molecule has 2 aromatic rings. The van der Waals surface area contributed by atoms with Crippen molar-refractivity contribution in [2.45, 2.75) is 51.9 Å². The van der Waals surface area contributed by atoms with Crippen LogP contribution in [-0.2, 0) is 9.53 Å². The normalized spacial score (nSPS) is 29.8. The Balaban J connectivity index is 0.00000253. The van der Waals surface area contributed by atoms with E-state index >= 15 is 0 Å². The summed E-state index contributed by atoms with van der Waals surface area (Å²) in [6.45, 7) is 7.45. The molecule has 4 aliphatic carbocycles. The first-order valence-corrected chi connectivity index (χ1v) is 13.9. The summed E-state index contributed by atoms with van der Waals surface area (Å²) in [5.74, 6) is 3.40. The van der Waals surface area contributed by atoms with Gasteiger partial charge >= 0.3 is 0 Å². The maximum absolute atomic E-state index is 14.4. The lowest BCUT2D eigenvalue weighted by Gasteiger charge is -2.56. The Hall–Kier alpha value is -1.41. The Morgan fingerprint density at radius 3 is 2.46 bits per heavy atom. The van der Waals surface area contributed by atoms with Gasteiger partial charge in [0.25, 0.3) is 0 Å². The number of ether oxygens (including phenoxy) is 2. The number of rotatable bonds is 7. The lowest BCUT2D eigenvalue weighted by Crippen LogP contribution is -2.55. The molecular formula is C27H38ClN3O3S. The maximum Gasteiger partial charge on any atom is 0.235 e. The van der Waals surface area contributed by atoms with Crippen LogP contribution < -0.4 is 9.64 Å². The van der Waals surface area contributed by atoms with Gasteiger partial charge in [-0.15, -0.1) is 12.4 Å². The van der Waals surface area contributed by atoms with E-state index < -0.39 is 0 Å². The minimum absolute atomic E-state index is 0. The maximum atomic E-state index is 14.4. The number of methoxy groups -OCH3 is 1. The smallest absolute Gasteiger partial charge is 0.235 e. The van der Waals surface area contributed by atoms with Crippen molar-refractivity contribution in [3.8, 4) is 5.75 Å². The van der Waals surface area contributed by atoms with Crippen molar-refractivity contribution in [1.82, 2.24) is 9.88 Å². The molecule has 4 saturated carbocycles. The summed E-state index contributed by atoms with van der Waals surface area (Å²) in [6, 6.07) is 4.08. The van der Waals surface area contributed by atoms with E-state index in [9.17, 15) is 4.79 Å². The van der Waals surface area contributed by atoms with Crippen molar-refractivity contribution in [3.63, 3.8) is 0 Å². The Morgan fingerprint density at radius 2 is 1.83 bits per heavy atom. The third kappa shape index (κ3) is 4.70. The predicted octanol–water partition coefficient (Wildman–Crippen LogP) is 5.31. The molecule has 0 spiro atoms. The third-order valence-corrected chi connectivity index (χ3v) is 10.1. The quantitative estimate of drug-likeness (QED) is 0.496. The Bertz CT molecular complexity index is 1030. The van der Waals surface area contributed by atoms with E-state index in [-0.39, 0.29) is 17.8 Å². The largest absolute Gasteiger partial charge is 0.494 e. The minimum atomic E-state index is -0.162. The van der Waals surface area contributed by atoms with Gasteiger partial charge in [-0.25, -0.2) is 4.98 Å². The molecule has 1 amide bonds. The van der Waals surface area contributed by atoms with E-state index in [0.717, 1.165) is 104 Å². The van der Waals surface area contributed by atoms with E-state index in [0.29, 0.717) is 5.91 Å². The summed E-state index contributed by atoms with van der Waals surface area (Å²) in [5, 5.41) is 0.852. The first-order valence-electron chi connectivity index (χ1n) is 13.1. The molecule has 0 unspecified atom stereocenters. The van der Waals surface area contributed by atoms with Crippen molar-refractivity contribution in [3.05, 3.63) is 17.7 Å². The molecule has 0 N–H and O–H groups in total. The van der Waals surface area contributed by atoms with Crippen molar-refractivity contribution in [2.24, 2.45) is 23.2 Å². The number of hydrogen-bond acceptors (Lipinski definition) is 6. The molecule has 0 radical (unpaired) electrons. The zero-order chi connectivity index (χ0) is 23.3. The standard InChI is InChI=1S/C27H37N3O3S.ClH/c1-18-4-5-22(32-2)23-24(18)34-26(28-23)30(7-3-6-29-8-10-33-11-9-29)25(31)27-15-19-12-20(16-27)14-21(13-19)17-27;/h4-5,19-21H,3,6-17H2,1-2H3;1H. The van der Waals surface area contributed by atoms with Gasteiger partial charge in [0.15, 0.2) is 5.13 Å². The monoisotopic (exact) mass is 519 g/mol. The van der Waals surface area contributed by atoms with Gasteiger partial charge in [-0.1, -0.05) is 17.4 Å². The van der Waals surface area contributed by atoms with Crippen LogP contribution in [0.5, 0.6) is 5.75 Å². The SMILES string of the molecule is COc1ccc(C)c2sc(N(CCCN3CCOCC3)C(=O)C34CC5CC(CC(C5)C3)C4)nc12.Cl. The summed E-state index contributed by atoms with van der Waals surface area (Å²) in [5.41, 5.74) is 1.92. The molecule has 5 fully saturated rings. The van der Waals surface area contributed by atoms with E-state index in [1.54, 1.807) is 18.4 Å². The average molecular weight is 520 g/mol. The van der Waals surface area contributed by atoms with Crippen molar-refractivity contribution in [2.75, 3.05) is 51.4 Å². The van der Waals surface area contributed by atoms with Gasteiger partial charge in [0, 0.05) is 26.2 Å². The second-order valence-electron chi connectivity index (χ2n) is 11.2. The van der Waals surface area contributed by atoms with Gasteiger partial charge in [0.05, 0.1) is 30.4 Å². The van der Waals surface area contributed by atoms with Gasteiger partial charge in [-0.3, -0.25) is 14.6 Å². The number of aromatic nitrogens is 1. The van der Waals surface area contributed by atoms with Crippen LogP contribution in [0.4, 0.5) is 5.13 Å². The first kappa shape index (κ1) is 25.2. The lowest BCUT2D eigenvalue weighted by molar-refractivity contribution is -0.143. The van der Waals surface area contributed by atoms with Gasteiger partial charge in [-0.2, -0.15) is 0 Å². The highest BCUT2D eigenvalue weighted by Gasteiger charge is 2.56. The number of morpholine rings is 1. The van der Waals surface area contributed by atoms with E-state index in [1.165, 1.54) is 24.8 Å². The summed E-state index contributed by atoms with van der Waals surface area (Å²) >= 11 is 1.66. The molecule has 1 aromatic carbocycles. The highest BCUT2D eigenvalue weighted by atomic mass is 35.5. The molecule has 1 aliphatic heterocycles. The molecule has 4 bridgehead atoms. The topological polar surface area (TPSA) is 54.9 Å². The fourth-order valence-electron chi connectivity index (χ4n) is 7.60. The number of nitrogens with zero attached hydrogens (tertiary/aromatic N) is 3. The van der Waals surface area contributed by atoms with Crippen molar-refractivity contribution >= 4 is 45.0 Å². The van der Waals surface area contributed by atoms with Crippen molar-refractivity contribution < 1.29 is 14.3 Å². The summed E-state index contributed by atoms with van der Waals surface area (Å²) in [6.07, 6.45) is 8.27. The fourth-order valence-corrected chi connectivity index (χ4v) is 8.67. The third-order valence-electron chi connectivity index (χ3n) is 8.84. The van der Waals surface area contributed by atoms with Crippen LogP contribution in [0.2, 0.25) is 0 Å². The van der Waals surface area contributed by atoms with Crippen LogP contribution >= 0.6 is 23.7 Å².